The molecule has 91 heavy (non-hydrogen) atoms. The van der Waals surface area contributed by atoms with Crippen LogP contribution in [0.1, 0.15) is 357 Å². The molecule has 0 bridgehead atoms. The Hall–Kier alpha value is -1.94. The minimum Gasteiger partial charge on any atom is -0.462 e. The van der Waals surface area contributed by atoms with Crippen LogP contribution >= 0.6 is 15.6 Å². The van der Waals surface area contributed by atoms with Crippen molar-refractivity contribution in [1.29, 1.82) is 0 Å². The maximum absolute atomic E-state index is 13.0. The van der Waals surface area contributed by atoms with Crippen LogP contribution < -0.4 is 0 Å². The van der Waals surface area contributed by atoms with Gasteiger partial charge in [0, 0.05) is 25.7 Å². The molecule has 0 saturated carbocycles. The SMILES string of the molecule is CCC(C)CCCCCCCCC(=O)OC[C@H](COP(=O)(O)OC[C@H](O)COP(=O)(O)OC[C@@H](COC(=O)CCCCCCCCCCC(C)C)OC(=O)CCCCCCCCCCCCC(C)C)OC(=O)CCCCCCCCCCCCCCCCC(C)C. The summed E-state index contributed by atoms with van der Waals surface area (Å²) in [4.78, 5) is 72.6. The van der Waals surface area contributed by atoms with E-state index in [1.165, 1.54) is 154 Å². The Morgan fingerprint density at radius 1 is 0.308 bits per heavy atom. The number of phosphoric acid groups is 2. The van der Waals surface area contributed by atoms with Gasteiger partial charge in [0.25, 0.3) is 0 Å². The highest BCUT2D eigenvalue weighted by Crippen LogP contribution is 2.45. The van der Waals surface area contributed by atoms with E-state index in [2.05, 4.69) is 55.4 Å². The number of rotatable bonds is 69. The Morgan fingerprint density at radius 2 is 0.527 bits per heavy atom. The fraction of sp³-hybridized carbons (Fsp3) is 0.944. The van der Waals surface area contributed by atoms with E-state index in [9.17, 15) is 43.2 Å². The predicted octanol–water partition coefficient (Wildman–Crippen LogP) is 20.5. The molecule has 0 aromatic heterocycles. The molecule has 0 saturated heterocycles. The van der Waals surface area contributed by atoms with Crippen molar-refractivity contribution in [2.24, 2.45) is 23.7 Å². The fourth-order valence-electron chi connectivity index (χ4n) is 10.8. The zero-order valence-corrected chi connectivity index (χ0v) is 61.3. The lowest BCUT2D eigenvalue weighted by Crippen LogP contribution is -2.30. The van der Waals surface area contributed by atoms with Gasteiger partial charge in [0.2, 0.25) is 0 Å². The zero-order chi connectivity index (χ0) is 67.5. The number of hydrogen-bond acceptors (Lipinski definition) is 15. The van der Waals surface area contributed by atoms with Crippen molar-refractivity contribution in [1.82, 2.24) is 0 Å². The number of carbonyl (C=O) groups is 4. The van der Waals surface area contributed by atoms with Gasteiger partial charge in [-0.05, 0) is 49.4 Å². The predicted molar refractivity (Wildman–Crippen MR) is 367 cm³/mol. The van der Waals surface area contributed by atoms with Gasteiger partial charge in [-0.2, -0.15) is 0 Å². The third-order valence-electron chi connectivity index (χ3n) is 16.9. The molecule has 0 spiro atoms. The van der Waals surface area contributed by atoms with E-state index in [1.54, 1.807) is 0 Å². The normalized spacial score (nSPS) is 14.5. The lowest BCUT2D eigenvalue weighted by atomic mass is 10.00. The van der Waals surface area contributed by atoms with Crippen molar-refractivity contribution in [3.8, 4) is 0 Å². The Balaban J connectivity index is 5.24. The molecule has 540 valence electrons. The number of hydrogen-bond donors (Lipinski definition) is 3. The van der Waals surface area contributed by atoms with E-state index >= 15 is 0 Å². The Labute approximate surface area is 556 Å². The Morgan fingerprint density at radius 3 is 0.780 bits per heavy atom. The minimum absolute atomic E-state index is 0.105. The number of carbonyl (C=O) groups excluding carboxylic acids is 4. The van der Waals surface area contributed by atoms with E-state index in [0.717, 1.165) is 120 Å². The standard InChI is InChI=1S/C72H140O17P2/c1-9-65(8)51-43-35-30-31-37-45-53-70(75)83-59-68(89-71(76)54-46-38-28-20-15-13-11-10-12-14-18-24-32-40-48-62(2)3)61-87-91(80,81)85-57-66(73)56-84-90(78,79)86-60-67(58-82-69(74)52-44-36-27-23-22-26-34-42-50-64(6)7)88-72(77)55-47-39-29-21-17-16-19-25-33-41-49-63(4)5/h62-68,73H,9-61H2,1-8H3,(H,78,79)(H,80,81)/t65?,66-,67-,68-/m1/s1. The van der Waals surface area contributed by atoms with Gasteiger partial charge < -0.3 is 33.8 Å². The maximum Gasteiger partial charge on any atom is 0.472 e. The second-order valence-electron chi connectivity index (χ2n) is 27.6. The van der Waals surface area contributed by atoms with Crippen LogP contribution in [0.4, 0.5) is 0 Å². The first kappa shape index (κ1) is 89.1. The second-order valence-corrected chi connectivity index (χ2v) is 30.6. The number of aliphatic hydroxyl groups is 1. The smallest absolute Gasteiger partial charge is 0.462 e. The summed E-state index contributed by atoms with van der Waals surface area (Å²) < 4.78 is 68.4. The van der Waals surface area contributed by atoms with E-state index in [4.69, 9.17) is 37.0 Å². The number of unbranched alkanes of at least 4 members (excludes halogenated alkanes) is 34. The van der Waals surface area contributed by atoms with Gasteiger partial charge in [0.15, 0.2) is 12.2 Å². The van der Waals surface area contributed by atoms with Gasteiger partial charge >= 0.3 is 39.5 Å². The van der Waals surface area contributed by atoms with E-state index in [-0.39, 0.29) is 25.7 Å². The van der Waals surface area contributed by atoms with Crippen molar-refractivity contribution in [3.63, 3.8) is 0 Å². The zero-order valence-electron chi connectivity index (χ0n) is 59.5. The first-order chi connectivity index (χ1) is 43.6. The molecule has 3 N–H and O–H groups in total. The van der Waals surface area contributed by atoms with Crippen LogP contribution in [0, 0.1) is 23.7 Å². The van der Waals surface area contributed by atoms with Crippen molar-refractivity contribution in [2.75, 3.05) is 39.6 Å². The molecule has 6 atom stereocenters. The van der Waals surface area contributed by atoms with Crippen molar-refractivity contribution >= 4 is 39.5 Å². The molecule has 0 aliphatic carbocycles. The van der Waals surface area contributed by atoms with Crippen LogP contribution in [0.25, 0.3) is 0 Å². The third kappa shape index (κ3) is 65.1. The summed E-state index contributed by atoms with van der Waals surface area (Å²) in [5, 5.41) is 10.6. The van der Waals surface area contributed by atoms with Crippen molar-refractivity contribution in [2.45, 2.75) is 375 Å². The molecule has 3 unspecified atom stereocenters. The van der Waals surface area contributed by atoms with Crippen LogP contribution in [0.2, 0.25) is 0 Å². The molecule has 17 nitrogen and oxygen atoms in total. The number of phosphoric ester groups is 2. The quantitative estimate of drug-likeness (QED) is 0.0222. The summed E-state index contributed by atoms with van der Waals surface area (Å²) in [5.74, 6) is 0.876. The van der Waals surface area contributed by atoms with Crippen LogP contribution in [0.15, 0.2) is 0 Å². The lowest BCUT2D eigenvalue weighted by Gasteiger charge is -2.21. The van der Waals surface area contributed by atoms with Gasteiger partial charge in [0.05, 0.1) is 26.4 Å². The highest BCUT2D eigenvalue weighted by molar-refractivity contribution is 7.47. The topological polar surface area (TPSA) is 237 Å². The summed E-state index contributed by atoms with van der Waals surface area (Å²) in [6.45, 7) is 14.1. The molecular weight excluding hydrogens is 1200 g/mol. The second kappa shape index (κ2) is 61.6. The molecule has 0 rings (SSSR count). The van der Waals surface area contributed by atoms with Crippen LogP contribution in [-0.4, -0.2) is 96.7 Å². The third-order valence-corrected chi connectivity index (χ3v) is 18.8. The van der Waals surface area contributed by atoms with Gasteiger partial charge in [-0.15, -0.1) is 0 Å². The van der Waals surface area contributed by atoms with Crippen LogP contribution in [0.3, 0.4) is 0 Å². The highest BCUT2D eigenvalue weighted by atomic mass is 31.2. The fourth-order valence-corrected chi connectivity index (χ4v) is 12.4. The Bertz CT molecular complexity index is 1800. The summed E-state index contributed by atoms with van der Waals surface area (Å²) in [7, 11) is -9.91. The van der Waals surface area contributed by atoms with Crippen LogP contribution in [-0.2, 0) is 65.4 Å². The summed E-state index contributed by atoms with van der Waals surface area (Å²) >= 11 is 0. The first-order valence-electron chi connectivity index (χ1n) is 37.2. The van der Waals surface area contributed by atoms with E-state index in [1.807, 2.05) is 0 Å². The molecule has 0 aliphatic heterocycles. The van der Waals surface area contributed by atoms with Crippen molar-refractivity contribution in [3.05, 3.63) is 0 Å². The molecule has 0 radical (unpaired) electrons. The van der Waals surface area contributed by atoms with Gasteiger partial charge in [0.1, 0.15) is 19.3 Å². The van der Waals surface area contributed by atoms with Gasteiger partial charge in [-0.1, -0.05) is 306 Å². The van der Waals surface area contributed by atoms with E-state index in [0.29, 0.717) is 25.7 Å². The molecule has 0 aromatic carbocycles. The van der Waals surface area contributed by atoms with Gasteiger partial charge in [-0.3, -0.25) is 37.3 Å². The summed E-state index contributed by atoms with van der Waals surface area (Å²) in [6.07, 6.45) is 44.5. The molecule has 0 fully saturated rings. The average molecular weight is 1340 g/mol. The lowest BCUT2D eigenvalue weighted by molar-refractivity contribution is -0.161. The summed E-state index contributed by atoms with van der Waals surface area (Å²) in [6, 6.07) is 0. The first-order valence-corrected chi connectivity index (χ1v) is 40.2. The van der Waals surface area contributed by atoms with Gasteiger partial charge in [-0.25, -0.2) is 9.13 Å². The maximum atomic E-state index is 13.0. The monoisotopic (exact) mass is 1340 g/mol. The highest BCUT2D eigenvalue weighted by Gasteiger charge is 2.30. The summed E-state index contributed by atoms with van der Waals surface area (Å²) in [5.41, 5.74) is 0. The molecule has 0 amide bonds. The Kier molecular flexibility index (Phi) is 60.3. The average Bonchev–Trinajstić information content (AvgIpc) is 3.64. The molecule has 0 aliphatic rings. The molecule has 0 aromatic rings. The number of ether oxygens (including phenoxy) is 4. The molecule has 19 heteroatoms. The number of aliphatic hydroxyl groups excluding tert-OH is 1. The minimum atomic E-state index is -4.95. The molecular formula is C72H140O17P2. The van der Waals surface area contributed by atoms with E-state index < -0.39 is 97.5 Å². The largest absolute Gasteiger partial charge is 0.472 e. The number of esters is 4. The molecule has 0 heterocycles. The van der Waals surface area contributed by atoms with Crippen molar-refractivity contribution < 1.29 is 80.2 Å². The van der Waals surface area contributed by atoms with Crippen LogP contribution in [0.5, 0.6) is 0 Å².